The van der Waals surface area contributed by atoms with Crippen LogP contribution in [0.3, 0.4) is 0 Å². The third-order valence-electron chi connectivity index (χ3n) is 3.13. The number of nitrogens with zero attached hydrogens (tertiary/aromatic N) is 1. The van der Waals surface area contributed by atoms with Gasteiger partial charge in [0.25, 0.3) is 0 Å². The van der Waals surface area contributed by atoms with Crippen molar-refractivity contribution >= 4 is 40.7 Å². The van der Waals surface area contributed by atoms with Crippen LogP contribution in [0.5, 0.6) is 0 Å². The third-order valence-corrected chi connectivity index (χ3v) is 3.63. The fourth-order valence-electron chi connectivity index (χ4n) is 2.14. The summed E-state index contributed by atoms with van der Waals surface area (Å²) in [5.74, 6) is 0. The monoisotopic (exact) mass is 340 g/mol. The van der Waals surface area contributed by atoms with Crippen LogP contribution in [0.4, 0.5) is 0 Å². The largest absolute Gasteiger partial charge is 0.326 e. The first-order chi connectivity index (χ1) is 7.16. The average molecular weight is 342 g/mol. The van der Waals surface area contributed by atoms with Gasteiger partial charge >= 0.3 is 0 Å². The second-order valence-corrected chi connectivity index (χ2v) is 5.19. The Hall–Kier alpha value is 0.200. The second-order valence-electron chi connectivity index (χ2n) is 4.27. The van der Waals surface area contributed by atoms with E-state index in [1.807, 2.05) is 0 Å². The second kappa shape index (κ2) is 7.59. The Morgan fingerprint density at radius 3 is 2.65 bits per heavy atom. The van der Waals surface area contributed by atoms with Crippen molar-refractivity contribution in [1.82, 2.24) is 4.90 Å². The van der Waals surface area contributed by atoms with Crippen molar-refractivity contribution in [3.8, 4) is 0 Å². The van der Waals surface area contributed by atoms with Crippen LogP contribution in [0.2, 0.25) is 0 Å². The molecular weight excluding hydrogens is 323 g/mol. The van der Waals surface area contributed by atoms with Crippen LogP contribution < -0.4 is 5.73 Å². The Kier molecular flexibility index (Phi) is 7.68. The average Bonchev–Trinajstić information content (AvgIpc) is 2.64. The zero-order valence-electron chi connectivity index (χ0n) is 9.80. The number of benzene rings is 1. The van der Waals surface area contributed by atoms with E-state index < -0.39 is 0 Å². The highest BCUT2D eigenvalue weighted by Gasteiger charge is 2.24. The molecule has 2 rings (SSSR count). The van der Waals surface area contributed by atoms with Gasteiger partial charge in [-0.1, -0.05) is 28.1 Å². The summed E-state index contributed by atoms with van der Waals surface area (Å²) in [6.07, 6.45) is 1.12. The summed E-state index contributed by atoms with van der Waals surface area (Å²) in [5.41, 5.74) is 7.28. The lowest BCUT2D eigenvalue weighted by Crippen LogP contribution is -2.28. The van der Waals surface area contributed by atoms with Crippen molar-refractivity contribution in [3.63, 3.8) is 0 Å². The summed E-state index contributed by atoms with van der Waals surface area (Å²) in [6, 6.07) is 9.35. The highest BCUT2D eigenvalue weighted by atomic mass is 79.9. The fourth-order valence-corrected chi connectivity index (χ4v) is 2.56. The molecule has 0 spiro atoms. The molecule has 0 aliphatic carbocycles. The molecule has 1 fully saturated rings. The summed E-state index contributed by atoms with van der Waals surface area (Å²) in [6.45, 7) is 4.39. The molecule has 2 unspecified atom stereocenters. The molecule has 5 heteroatoms. The van der Waals surface area contributed by atoms with E-state index in [0.29, 0.717) is 12.1 Å². The van der Waals surface area contributed by atoms with Crippen molar-refractivity contribution < 1.29 is 0 Å². The summed E-state index contributed by atoms with van der Waals surface area (Å²) < 4.78 is 1.15. The number of nitrogens with two attached hydrogens (primary N) is 1. The predicted molar refractivity (Wildman–Crippen MR) is 81.2 cm³/mol. The maximum absolute atomic E-state index is 5.92. The van der Waals surface area contributed by atoms with Crippen molar-refractivity contribution in [2.75, 3.05) is 13.1 Å². The van der Waals surface area contributed by atoms with E-state index in [2.05, 4.69) is 52.0 Å². The summed E-state index contributed by atoms with van der Waals surface area (Å²) in [7, 11) is 0. The summed E-state index contributed by atoms with van der Waals surface area (Å²) >= 11 is 3.51. The number of rotatable bonds is 2. The molecule has 1 saturated heterocycles. The van der Waals surface area contributed by atoms with Gasteiger partial charge in [-0.2, -0.15) is 0 Å². The van der Waals surface area contributed by atoms with Crippen LogP contribution in [-0.4, -0.2) is 24.0 Å². The maximum atomic E-state index is 5.92. The first kappa shape index (κ1) is 17.2. The van der Waals surface area contributed by atoms with Gasteiger partial charge in [0, 0.05) is 29.6 Å². The Balaban J connectivity index is 0.00000128. The standard InChI is InChI=1S/C12H17BrN2.2ClH/c1-9(15-6-5-12(14)8-15)10-3-2-4-11(13)7-10;;/h2-4,7,9,12H,5-6,8,14H2,1H3;2*1H. The Morgan fingerprint density at radius 1 is 1.41 bits per heavy atom. The predicted octanol–water partition coefficient (Wildman–Crippen LogP) is 3.39. The smallest absolute Gasteiger partial charge is 0.0320 e. The molecule has 0 amide bonds. The van der Waals surface area contributed by atoms with E-state index in [9.17, 15) is 0 Å². The van der Waals surface area contributed by atoms with E-state index in [1.54, 1.807) is 0 Å². The summed E-state index contributed by atoms with van der Waals surface area (Å²) in [4.78, 5) is 2.45. The molecule has 2 atom stereocenters. The van der Waals surface area contributed by atoms with Gasteiger partial charge in [0.1, 0.15) is 0 Å². The molecular formula is C12H19BrCl2N2. The molecule has 1 heterocycles. The van der Waals surface area contributed by atoms with Gasteiger partial charge in [-0.15, -0.1) is 24.8 Å². The van der Waals surface area contributed by atoms with Gasteiger partial charge in [-0.05, 0) is 31.0 Å². The molecule has 17 heavy (non-hydrogen) atoms. The van der Waals surface area contributed by atoms with Crippen molar-refractivity contribution in [2.45, 2.75) is 25.4 Å². The molecule has 98 valence electrons. The third kappa shape index (κ3) is 4.42. The lowest BCUT2D eigenvalue weighted by Gasteiger charge is -2.24. The first-order valence-corrected chi connectivity index (χ1v) is 6.21. The van der Waals surface area contributed by atoms with Gasteiger partial charge in [0.05, 0.1) is 0 Å². The normalized spacial score (nSPS) is 21.5. The highest BCUT2D eigenvalue weighted by molar-refractivity contribution is 9.10. The van der Waals surface area contributed by atoms with Crippen LogP contribution in [0, 0.1) is 0 Å². The zero-order chi connectivity index (χ0) is 10.8. The molecule has 2 N–H and O–H groups in total. The van der Waals surface area contributed by atoms with E-state index in [0.717, 1.165) is 24.0 Å². The summed E-state index contributed by atoms with van der Waals surface area (Å²) in [5, 5.41) is 0. The van der Waals surface area contributed by atoms with Gasteiger partial charge < -0.3 is 5.73 Å². The van der Waals surface area contributed by atoms with Gasteiger partial charge in [-0.3, -0.25) is 4.90 Å². The number of halogens is 3. The molecule has 0 bridgehead atoms. The van der Waals surface area contributed by atoms with Crippen LogP contribution >= 0.6 is 40.7 Å². The van der Waals surface area contributed by atoms with Crippen molar-refractivity contribution in [2.24, 2.45) is 5.73 Å². The molecule has 1 aromatic rings. The van der Waals surface area contributed by atoms with Crippen LogP contribution in [0.15, 0.2) is 28.7 Å². The molecule has 2 nitrogen and oxygen atoms in total. The van der Waals surface area contributed by atoms with Gasteiger partial charge in [0.2, 0.25) is 0 Å². The highest BCUT2D eigenvalue weighted by Crippen LogP contribution is 2.25. The fraction of sp³-hybridized carbons (Fsp3) is 0.500. The van der Waals surface area contributed by atoms with E-state index in [1.165, 1.54) is 5.56 Å². The quantitative estimate of drug-likeness (QED) is 0.893. The van der Waals surface area contributed by atoms with Crippen LogP contribution in [0.1, 0.15) is 24.9 Å². The minimum Gasteiger partial charge on any atom is -0.326 e. The number of hydrogen-bond acceptors (Lipinski definition) is 2. The zero-order valence-corrected chi connectivity index (χ0v) is 13.0. The van der Waals surface area contributed by atoms with E-state index >= 15 is 0 Å². The van der Waals surface area contributed by atoms with Gasteiger partial charge in [0.15, 0.2) is 0 Å². The first-order valence-electron chi connectivity index (χ1n) is 5.42. The van der Waals surface area contributed by atoms with Gasteiger partial charge in [-0.25, -0.2) is 0 Å². The lowest BCUT2D eigenvalue weighted by molar-refractivity contribution is 0.260. The Bertz CT molecular complexity index is 349. The lowest BCUT2D eigenvalue weighted by atomic mass is 10.1. The number of likely N-dealkylation sites (tertiary alicyclic amines) is 1. The van der Waals surface area contributed by atoms with Crippen molar-refractivity contribution in [1.29, 1.82) is 0 Å². The molecule has 0 aromatic heterocycles. The Morgan fingerprint density at radius 2 is 2.12 bits per heavy atom. The molecule has 0 radical (unpaired) electrons. The maximum Gasteiger partial charge on any atom is 0.0320 e. The van der Waals surface area contributed by atoms with E-state index in [4.69, 9.17) is 5.73 Å². The van der Waals surface area contributed by atoms with Crippen molar-refractivity contribution in [3.05, 3.63) is 34.3 Å². The molecule has 1 aliphatic heterocycles. The molecule has 1 aliphatic rings. The topological polar surface area (TPSA) is 29.3 Å². The van der Waals surface area contributed by atoms with E-state index in [-0.39, 0.29) is 24.8 Å². The Labute approximate surface area is 124 Å². The molecule has 1 aromatic carbocycles. The minimum atomic E-state index is 0. The SMILES string of the molecule is CC(c1cccc(Br)c1)N1CCC(N)C1.Cl.Cl. The van der Waals surface area contributed by atoms with Crippen LogP contribution in [-0.2, 0) is 0 Å². The molecule has 0 saturated carbocycles. The number of hydrogen-bond donors (Lipinski definition) is 1. The minimum absolute atomic E-state index is 0. The van der Waals surface area contributed by atoms with Crippen LogP contribution in [0.25, 0.3) is 0 Å².